The van der Waals surface area contributed by atoms with E-state index in [1.165, 1.54) is 12.8 Å². The number of amides is 1. The number of halogens is 1. The second kappa shape index (κ2) is 9.31. The van der Waals surface area contributed by atoms with Gasteiger partial charge in [0.25, 0.3) is 5.91 Å². The maximum Gasteiger partial charge on any atom is 0.258 e. The predicted molar refractivity (Wildman–Crippen MR) is 141 cm³/mol. The highest BCUT2D eigenvalue weighted by Gasteiger charge is 2.39. The van der Waals surface area contributed by atoms with Crippen molar-refractivity contribution >= 4 is 23.2 Å². The normalized spacial score (nSPS) is 23.2. The summed E-state index contributed by atoms with van der Waals surface area (Å²) < 4.78 is 8.21. The molecule has 3 aromatic rings. The second-order valence-corrected chi connectivity index (χ2v) is 10.5. The number of imidazole rings is 1. The Morgan fingerprint density at radius 1 is 1.06 bits per heavy atom. The van der Waals surface area contributed by atoms with Gasteiger partial charge in [0, 0.05) is 42.5 Å². The molecule has 2 saturated heterocycles. The van der Waals surface area contributed by atoms with Crippen molar-refractivity contribution in [2.75, 3.05) is 18.5 Å². The summed E-state index contributed by atoms with van der Waals surface area (Å²) >= 11 is 6.65. The molecule has 36 heavy (non-hydrogen) atoms. The van der Waals surface area contributed by atoms with Crippen LogP contribution in [-0.4, -0.2) is 52.1 Å². The van der Waals surface area contributed by atoms with Crippen LogP contribution < -0.4 is 9.64 Å². The van der Waals surface area contributed by atoms with E-state index in [4.69, 9.17) is 16.3 Å². The molecule has 0 unspecified atom stereocenters. The summed E-state index contributed by atoms with van der Waals surface area (Å²) in [5.74, 6) is 7.01. The van der Waals surface area contributed by atoms with Crippen molar-refractivity contribution < 1.29 is 9.53 Å². The van der Waals surface area contributed by atoms with Gasteiger partial charge < -0.3 is 19.1 Å². The van der Waals surface area contributed by atoms with E-state index in [2.05, 4.69) is 28.8 Å². The third kappa shape index (κ3) is 4.27. The van der Waals surface area contributed by atoms with Crippen molar-refractivity contribution in [2.45, 2.75) is 50.3 Å². The number of rotatable bonds is 3. The lowest BCUT2D eigenvalue weighted by atomic mass is 9.96. The van der Waals surface area contributed by atoms with Crippen LogP contribution in [0.2, 0.25) is 5.02 Å². The van der Waals surface area contributed by atoms with Crippen LogP contribution in [0.25, 0.3) is 0 Å². The smallest absolute Gasteiger partial charge is 0.258 e. The lowest BCUT2D eigenvalue weighted by Gasteiger charge is -2.36. The lowest BCUT2D eigenvalue weighted by molar-refractivity contribution is 0.0662. The molecule has 3 atom stereocenters. The summed E-state index contributed by atoms with van der Waals surface area (Å²) in [7, 11) is 4.14. The van der Waals surface area contributed by atoms with Gasteiger partial charge in [0.15, 0.2) is 0 Å². The van der Waals surface area contributed by atoms with Gasteiger partial charge in [-0.2, -0.15) is 0 Å². The number of aryl methyl sites for hydroxylation is 1. The summed E-state index contributed by atoms with van der Waals surface area (Å²) in [5, 5.41) is 0.554. The number of nitrogens with zero attached hydrogens (tertiary/aromatic N) is 4. The van der Waals surface area contributed by atoms with Crippen LogP contribution in [0.3, 0.4) is 0 Å². The van der Waals surface area contributed by atoms with E-state index in [9.17, 15) is 4.79 Å². The fourth-order valence-corrected chi connectivity index (χ4v) is 6.04. The molecular weight excluding hydrogens is 472 g/mol. The average Bonchev–Trinajstić information content (AvgIpc) is 3.35. The largest absolute Gasteiger partial charge is 0.489 e. The molecule has 3 aliphatic rings. The molecule has 0 spiro atoms. The van der Waals surface area contributed by atoms with Gasteiger partial charge >= 0.3 is 0 Å². The highest BCUT2D eigenvalue weighted by Crippen LogP contribution is 2.38. The van der Waals surface area contributed by atoms with Crippen molar-refractivity contribution in [3.63, 3.8) is 0 Å². The minimum absolute atomic E-state index is 0.0148. The molecular formula is C29H29ClN4O2. The Morgan fingerprint density at radius 2 is 1.86 bits per heavy atom. The van der Waals surface area contributed by atoms with E-state index in [0.717, 1.165) is 41.8 Å². The molecule has 1 amide bonds. The highest BCUT2D eigenvalue weighted by molar-refractivity contribution is 6.32. The Balaban J connectivity index is 1.16. The molecule has 0 N–H and O–H groups in total. The molecule has 0 radical (unpaired) electrons. The molecule has 2 fully saturated rings. The second-order valence-electron chi connectivity index (χ2n) is 10.1. The van der Waals surface area contributed by atoms with Crippen molar-refractivity contribution in [1.82, 2.24) is 14.5 Å². The van der Waals surface area contributed by atoms with Gasteiger partial charge in [-0.25, -0.2) is 4.98 Å². The monoisotopic (exact) mass is 500 g/mol. The standard InChI is InChI=1S/C29H29ClN4O2/c1-32-18-31-17-24(32)5-3-19-4-9-26-20(13-19)11-12-34(29(26)35)23-8-10-28(27(30)16-23)36-25-14-21-6-7-22(15-25)33(21)2/h4,8-10,13,16-18,21-22,25H,6-7,11-12,14-15H2,1-2H3/t21-,22+,25+. The van der Waals surface area contributed by atoms with Gasteiger partial charge in [-0.05, 0) is 87.0 Å². The number of benzene rings is 2. The van der Waals surface area contributed by atoms with Gasteiger partial charge in [0.2, 0.25) is 0 Å². The van der Waals surface area contributed by atoms with Crippen molar-refractivity contribution in [3.05, 3.63) is 76.3 Å². The topological polar surface area (TPSA) is 50.6 Å². The summed E-state index contributed by atoms with van der Waals surface area (Å²) in [6, 6.07) is 12.7. The van der Waals surface area contributed by atoms with E-state index in [-0.39, 0.29) is 12.0 Å². The van der Waals surface area contributed by atoms with Gasteiger partial charge in [-0.15, -0.1) is 0 Å². The van der Waals surface area contributed by atoms with Crippen LogP contribution >= 0.6 is 11.6 Å². The first-order valence-corrected chi connectivity index (χ1v) is 13.0. The zero-order chi connectivity index (χ0) is 24.8. The number of hydrogen-bond acceptors (Lipinski definition) is 4. The van der Waals surface area contributed by atoms with E-state index in [1.807, 2.05) is 48.0 Å². The first-order valence-electron chi connectivity index (χ1n) is 12.6. The van der Waals surface area contributed by atoms with Gasteiger partial charge in [-0.1, -0.05) is 17.5 Å². The van der Waals surface area contributed by atoms with Gasteiger partial charge in [0.1, 0.15) is 17.5 Å². The SMILES string of the molecule is CN1[C@@H]2CC[C@H]1C[C@@H](Oc1ccc(N3CCc4cc(C#Cc5cncn5C)ccc4C3=O)cc1Cl)C2. The van der Waals surface area contributed by atoms with Crippen molar-refractivity contribution in [2.24, 2.45) is 7.05 Å². The molecule has 7 heteroatoms. The van der Waals surface area contributed by atoms with Crippen LogP contribution in [0, 0.1) is 11.8 Å². The Bertz CT molecular complexity index is 1370. The minimum atomic E-state index is -0.0148. The number of hydrogen-bond donors (Lipinski definition) is 0. The maximum absolute atomic E-state index is 13.3. The Morgan fingerprint density at radius 3 is 2.58 bits per heavy atom. The van der Waals surface area contributed by atoms with Crippen LogP contribution in [0.4, 0.5) is 5.69 Å². The fraction of sp³-hybridized carbons (Fsp3) is 0.379. The van der Waals surface area contributed by atoms with Crippen LogP contribution in [0.5, 0.6) is 5.75 Å². The summed E-state index contributed by atoms with van der Waals surface area (Å²) in [4.78, 5) is 21.7. The van der Waals surface area contributed by atoms with Gasteiger partial charge in [0.05, 0.1) is 17.5 Å². The van der Waals surface area contributed by atoms with E-state index >= 15 is 0 Å². The quantitative estimate of drug-likeness (QED) is 0.490. The van der Waals surface area contributed by atoms with E-state index in [0.29, 0.717) is 35.0 Å². The predicted octanol–water partition coefficient (Wildman–Crippen LogP) is 4.68. The van der Waals surface area contributed by atoms with Crippen LogP contribution in [0.1, 0.15) is 52.9 Å². The lowest BCUT2D eigenvalue weighted by Crippen LogP contribution is -2.43. The van der Waals surface area contributed by atoms with Gasteiger partial charge in [-0.3, -0.25) is 4.79 Å². The number of carbonyl (C=O) groups is 1. The van der Waals surface area contributed by atoms with E-state index < -0.39 is 0 Å². The maximum atomic E-state index is 13.3. The first-order chi connectivity index (χ1) is 17.5. The summed E-state index contributed by atoms with van der Waals surface area (Å²) in [6.07, 6.45) is 9.02. The summed E-state index contributed by atoms with van der Waals surface area (Å²) in [5.41, 5.74) is 4.28. The fourth-order valence-electron chi connectivity index (χ4n) is 5.82. The van der Waals surface area contributed by atoms with E-state index in [1.54, 1.807) is 17.4 Å². The highest BCUT2D eigenvalue weighted by atomic mass is 35.5. The van der Waals surface area contributed by atoms with Crippen molar-refractivity contribution in [3.8, 4) is 17.6 Å². The number of anilines is 1. The summed E-state index contributed by atoms with van der Waals surface area (Å²) in [6.45, 7) is 0.597. The zero-order valence-electron chi connectivity index (χ0n) is 20.6. The molecule has 6 nitrogen and oxygen atoms in total. The average molecular weight is 501 g/mol. The third-order valence-corrected chi connectivity index (χ3v) is 8.21. The zero-order valence-corrected chi connectivity index (χ0v) is 21.3. The molecule has 2 aromatic carbocycles. The van der Waals surface area contributed by atoms with Crippen LogP contribution in [0.15, 0.2) is 48.9 Å². The molecule has 0 aliphatic carbocycles. The molecule has 3 aliphatic heterocycles. The first kappa shape index (κ1) is 23.1. The molecule has 0 saturated carbocycles. The number of ether oxygens (including phenoxy) is 1. The third-order valence-electron chi connectivity index (χ3n) is 7.91. The Kier molecular flexibility index (Phi) is 5.99. The minimum Gasteiger partial charge on any atom is -0.489 e. The molecule has 1 aromatic heterocycles. The molecule has 184 valence electrons. The molecule has 4 heterocycles. The van der Waals surface area contributed by atoms with Crippen LogP contribution in [-0.2, 0) is 13.5 Å². The number of fused-ring (bicyclic) bond motifs is 3. The Hall–Kier alpha value is -3.27. The number of carbonyl (C=O) groups excluding carboxylic acids is 1. The molecule has 6 rings (SSSR count). The molecule has 2 bridgehead atoms. The number of aromatic nitrogens is 2. The number of piperidine rings is 1. The van der Waals surface area contributed by atoms with Crippen molar-refractivity contribution in [1.29, 1.82) is 0 Å². The Labute approximate surface area is 216 Å².